The maximum Gasteiger partial charge on any atom is 0.253 e. The molecule has 4 nitrogen and oxygen atoms in total. The van der Waals surface area contributed by atoms with Gasteiger partial charge in [0, 0.05) is 14.2 Å². The standard InChI is InChI=1S/C19H23NO3/c1-12-9-10-13(2)17(11-12)23-16-8-6-7-15(14(16)3)18(22-5)19(21)20-4/h6-11,18H,1-5H3,(H,20,21). The molecule has 0 radical (unpaired) electrons. The van der Waals surface area contributed by atoms with Gasteiger partial charge < -0.3 is 14.8 Å². The van der Waals surface area contributed by atoms with Crippen LogP contribution in [0.3, 0.4) is 0 Å². The van der Waals surface area contributed by atoms with Crippen LogP contribution in [-0.4, -0.2) is 20.1 Å². The first kappa shape index (κ1) is 17.0. The Balaban J connectivity index is 2.40. The molecule has 1 amide bonds. The average molecular weight is 313 g/mol. The van der Waals surface area contributed by atoms with Crippen molar-refractivity contribution in [2.24, 2.45) is 0 Å². The van der Waals surface area contributed by atoms with Crippen molar-refractivity contribution in [1.82, 2.24) is 5.32 Å². The number of carbonyl (C=O) groups is 1. The fraction of sp³-hybridized carbons (Fsp3) is 0.316. The number of carbonyl (C=O) groups excluding carboxylic acids is 1. The molecular weight excluding hydrogens is 290 g/mol. The highest BCUT2D eigenvalue weighted by atomic mass is 16.5. The van der Waals surface area contributed by atoms with Gasteiger partial charge in [0.25, 0.3) is 5.91 Å². The molecule has 0 heterocycles. The van der Waals surface area contributed by atoms with Crippen LogP contribution in [0, 0.1) is 20.8 Å². The zero-order valence-electron chi connectivity index (χ0n) is 14.3. The smallest absolute Gasteiger partial charge is 0.253 e. The van der Waals surface area contributed by atoms with E-state index >= 15 is 0 Å². The number of likely N-dealkylation sites (N-methyl/N-ethyl adjacent to an activating group) is 1. The number of aryl methyl sites for hydroxylation is 2. The van der Waals surface area contributed by atoms with Crippen molar-refractivity contribution in [1.29, 1.82) is 0 Å². The Morgan fingerprint density at radius 3 is 2.48 bits per heavy atom. The van der Waals surface area contributed by atoms with Crippen LogP contribution in [0.2, 0.25) is 0 Å². The van der Waals surface area contributed by atoms with Gasteiger partial charge >= 0.3 is 0 Å². The summed E-state index contributed by atoms with van der Waals surface area (Å²) in [5, 5.41) is 2.62. The van der Waals surface area contributed by atoms with Crippen molar-refractivity contribution >= 4 is 5.91 Å². The molecule has 0 aliphatic heterocycles. The SMILES string of the molecule is CNC(=O)C(OC)c1cccc(Oc2cc(C)ccc2C)c1C. The van der Waals surface area contributed by atoms with Crippen LogP contribution < -0.4 is 10.1 Å². The Kier molecular flexibility index (Phi) is 5.40. The zero-order chi connectivity index (χ0) is 17.0. The fourth-order valence-corrected chi connectivity index (χ4v) is 2.47. The van der Waals surface area contributed by atoms with E-state index < -0.39 is 6.10 Å². The summed E-state index contributed by atoms with van der Waals surface area (Å²) in [5.74, 6) is 1.36. The van der Waals surface area contributed by atoms with Crippen molar-refractivity contribution in [3.05, 3.63) is 58.7 Å². The predicted octanol–water partition coefficient (Wildman–Crippen LogP) is 3.84. The van der Waals surface area contributed by atoms with Crippen LogP contribution in [0.15, 0.2) is 36.4 Å². The topological polar surface area (TPSA) is 47.6 Å². The van der Waals surface area contributed by atoms with Gasteiger partial charge in [-0.15, -0.1) is 0 Å². The third-order valence-corrected chi connectivity index (χ3v) is 3.89. The zero-order valence-corrected chi connectivity index (χ0v) is 14.3. The van der Waals surface area contributed by atoms with Gasteiger partial charge in [0.1, 0.15) is 11.5 Å². The summed E-state index contributed by atoms with van der Waals surface area (Å²) >= 11 is 0. The third kappa shape index (κ3) is 3.71. The van der Waals surface area contributed by atoms with Gasteiger partial charge in [-0.3, -0.25) is 4.79 Å². The number of amides is 1. The first-order valence-electron chi connectivity index (χ1n) is 7.57. The molecular formula is C19H23NO3. The summed E-state index contributed by atoms with van der Waals surface area (Å²) in [7, 11) is 3.12. The first-order valence-corrected chi connectivity index (χ1v) is 7.57. The van der Waals surface area contributed by atoms with Gasteiger partial charge in [-0.25, -0.2) is 0 Å². The number of benzene rings is 2. The maximum absolute atomic E-state index is 12.0. The summed E-state index contributed by atoms with van der Waals surface area (Å²) in [6.07, 6.45) is -0.651. The molecule has 1 N–H and O–H groups in total. The quantitative estimate of drug-likeness (QED) is 0.912. The highest BCUT2D eigenvalue weighted by molar-refractivity contribution is 5.82. The van der Waals surface area contributed by atoms with Crippen LogP contribution in [0.4, 0.5) is 0 Å². The van der Waals surface area contributed by atoms with Crippen LogP contribution in [0.5, 0.6) is 11.5 Å². The lowest BCUT2D eigenvalue weighted by molar-refractivity contribution is -0.130. The van der Waals surface area contributed by atoms with E-state index in [1.165, 1.54) is 7.11 Å². The molecule has 0 bridgehead atoms. The Hall–Kier alpha value is -2.33. The van der Waals surface area contributed by atoms with E-state index in [9.17, 15) is 4.79 Å². The Bertz CT molecular complexity index is 710. The monoisotopic (exact) mass is 313 g/mol. The fourth-order valence-electron chi connectivity index (χ4n) is 2.47. The molecule has 23 heavy (non-hydrogen) atoms. The number of rotatable bonds is 5. The molecule has 1 unspecified atom stereocenters. The van der Waals surface area contributed by atoms with E-state index in [0.717, 1.165) is 33.8 Å². The lowest BCUT2D eigenvalue weighted by Gasteiger charge is -2.19. The number of methoxy groups -OCH3 is 1. The van der Waals surface area contributed by atoms with E-state index in [2.05, 4.69) is 11.4 Å². The summed E-state index contributed by atoms with van der Waals surface area (Å²) in [6, 6.07) is 11.8. The van der Waals surface area contributed by atoms with E-state index in [0.29, 0.717) is 0 Å². The van der Waals surface area contributed by atoms with Crippen molar-refractivity contribution in [2.45, 2.75) is 26.9 Å². The summed E-state index contributed by atoms with van der Waals surface area (Å²) in [5.41, 5.74) is 3.90. The van der Waals surface area contributed by atoms with Crippen LogP contribution in [-0.2, 0) is 9.53 Å². The van der Waals surface area contributed by atoms with E-state index in [1.54, 1.807) is 7.05 Å². The lowest BCUT2D eigenvalue weighted by atomic mass is 10.0. The largest absolute Gasteiger partial charge is 0.457 e. The molecule has 0 fully saturated rings. The molecule has 2 aromatic rings. The van der Waals surface area contributed by atoms with E-state index in [4.69, 9.17) is 9.47 Å². The summed E-state index contributed by atoms with van der Waals surface area (Å²) in [4.78, 5) is 12.0. The van der Waals surface area contributed by atoms with Gasteiger partial charge in [0.05, 0.1) is 0 Å². The molecule has 0 aliphatic rings. The van der Waals surface area contributed by atoms with Gasteiger partial charge in [0.2, 0.25) is 0 Å². The lowest BCUT2D eigenvalue weighted by Crippen LogP contribution is -2.27. The second kappa shape index (κ2) is 7.29. The minimum Gasteiger partial charge on any atom is -0.457 e. The van der Waals surface area contributed by atoms with E-state index in [1.807, 2.05) is 51.1 Å². The highest BCUT2D eigenvalue weighted by Gasteiger charge is 2.22. The van der Waals surface area contributed by atoms with Crippen LogP contribution in [0.1, 0.15) is 28.4 Å². The normalized spacial score (nSPS) is 11.9. The van der Waals surface area contributed by atoms with Crippen LogP contribution >= 0.6 is 0 Å². The Morgan fingerprint density at radius 1 is 1.09 bits per heavy atom. The maximum atomic E-state index is 12.0. The average Bonchev–Trinajstić information content (AvgIpc) is 2.54. The Labute approximate surface area is 137 Å². The van der Waals surface area contributed by atoms with Crippen LogP contribution in [0.25, 0.3) is 0 Å². The molecule has 4 heteroatoms. The van der Waals surface area contributed by atoms with Gasteiger partial charge in [-0.05, 0) is 55.2 Å². The second-order valence-corrected chi connectivity index (χ2v) is 5.57. The number of hydrogen-bond acceptors (Lipinski definition) is 3. The molecule has 0 aromatic heterocycles. The number of hydrogen-bond donors (Lipinski definition) is 1. The molecule has 122 valence electrons. The molecule has 1 atom stereocenters. The second-order valence-electron chi connectivity index (χ2n) is 5.57. The van der Waals surface area contributed by atoms with Gasteiger partial charge in [0.15, 0.2) is 6.10 Å². The minimum atomic E-state index is -0.651. The predicted molar refractivity (Wildman–Crippen MR) is 91.0 cm³/mol. The molecule has 0 aliphatic carbocycles. The van der Waals surface area contributed by atoms with Gasteiger partial charge in [-0.2, -0.15) is 0 Å². The van der Waals surface area contributed by atoms with Crippen molar-refractivity contribution < 1.29 is 14.3 Å². The van der Waals surface area contributed by atoms with E-state index in [-0.39, 0.29) is 5.91 Å². The van der Waals surface area contributed by atoms with Crippen molar-refractivity contribution in [3.8, 4) is 11.5 Å². The third-order valence-electron chi connectivity index (χ3n) is 3.89. The van der Waals surface area contributed by atoms with Gasteiger partial charge in [-0.1, -0.05) is 24.3 Å². The first-order chi connectivity index (χ1) is 11.0. The van der Waals surface area contributed by atoms with Crippen molar-refractivity contribution in [2.75, 3.05) is 14.2 Å². The highest BCUT2D eigenvalue weighted by Crippen LogP contribution is 2.32. The molecule has 0 saturated carbocycles. The Morgan fingerprint density at radius 2 is 1.83 bits per heavy atom. The number of nitrogens with one attached hydrogen (secondary N) is 1. The number of ether oxygens (including phenoxy) is 2. The molecule has 2 aromatic carbocycles. The summed E-state index contributed by atoms with van der Waals surface area (Å²) in [6.45, 7) is 5.98. The molecule has 0 spiro atoms. The minimum absolute atomic E-state index is 0.181. The molecule has 2 rings (SSSR count). The molecule has 0 saturated heterocycles. The van der Waals surface area contributed by atoms with Crippen molar-refractivity contribution in [3.63, 3.8) is 0 Å². The summed E-state index contributed by atoms with van der Waals surface area (Å²) < 4.78 is 11.4.